The van der Waals surface area contributed by atoms with E-state index in [9.17, 15) is 26.4 Å². The summed E-state index contributed by atoms with van der Waals surface area (Å²) in [6.45, 7) is 5.51. The first-order valence-corrected chi connectivity index (χ1v) is 13.3. The van der Waals surface area contributed by atoms with Gasteiger partial charge < -0.3 is 9.64 Å². The van der Waals surface area contributed by atoms with Crippen molar-refractivity contribution < 1.29 is 31.1 Å². The molecule has 3 rings (SSSR count). The van der Waals surface area contributed by atoms with Crippen molar-refractivity contribution in [3.8, 4) is 11.1 Å². The molecule has 0 radical (unpaired) electrons. The number of thiocarbonyl (C=S) groups is 1. The molecule has 1 saturated heterocycles. The smallest absolute Gasteiger partial charge is 0.417 e. The molecule has 1 aliphatic rings. The first-order chi connectivity index (χ1) is 16.6. The molecule has 0 aliphatic carbocycles. The molecule has 0 bridgehead atoms. The van der Waals surface area contributed by atoms with Crippen molar-refractivity contribution in [1.29, 1.82) is 0 Å². The van der Waals surface area contributed by atoms with Gasteiger partial charge in [-0.25, -0.2) is 13.2 Å². The predicted molar refractivity (Wildman–Crippen MR) is 135 cm³/mol. The minimum Gasteiger partial charge on any atom is -0.444 e. The minimum absolute atomic E-state index is 0.0368. The third kappa shape index (κ3) is 6.45. The molecule has 1 amide bonds. The van der Waals surface area contributed by atoms with Crippen LogP contribution in [0.1, 0.15) is 39.2 Å². The summed E-state index contributed by atoms with van der Waals surface area (Å²) in [4.78, 5) is 17.3. The lowest BCUT2D eigenvalue weighted by Gasteiger charge is -2.33. The molecule has 194 valence electrons. The maximum absolute atomic E-state index is 13.8. The SMILES string of the molecule is CC(C)(C)OC(=O)N1CCCC(S(=O)(=O)c2ccc(-c3c(Cl)cc(N=C=S)cc3C(F)(F)F)cc2)C1. The Morgan fingerprint density at radius 2 is 1.83 bits per heavy atom. The van der Waals surface area contributed by atoms with E-state index in [1.807, 2.05) is 5.16 Å². The molecular formula is C24H24ClF3N2O4S2. The van der Waals surface area contributed by atoms with Crippen LogP contribution in [-0.2, 0) is 20.8 Å². The maximum atomic E-state index is 13.8. The van der Waals surface area contributed by atoms with Crippen LogP contribution in [-0.4, -0.2) is 48.5 Å². The molecule has 0 aromatic heterocycles. The quantitative estimate of drug-likeness (QED) is 0.299. The van der Waals surface area contributed by atoms with Crippen LogP contribution in [0.15, 0.2) is 46.3 Å². The first-order valence-electron chi connectivity index (χ1n) is 10.9. The predicted octanol–water partition coefficient (Wildman–Crippen LogP) is 6.93. The number of piperidine rings is 1. The molecule has 1 aliphatic heterocycles. The van der Waals surface area contributed by atoms with Gasteiger partial charge in [-0.05, 0) is 75.7 Å². The van der Waals surface area contributed by atoms with Gasteiger partial charge >= 0.3 is 12.3 Å². The monoisotopic (exact) mass is 560 g/mol. The van der Waals surface area contributed by atoms with E-state index in [-0.39, 0.29) is 33.3 Å². The first kappa shape index (κ1) is 28.1. The van der Waals surface area contributed by atoms with Gasteiger partial charge in [-0.2, -0.15) is 18.2 Å². The topological polar surface area (TPSA) is 76.0 Å². The Morgan fingerprint density at radius 1 is 1.19 bits per heavy atom. The Balaban J connectivity index is 1.92. The van der Waals surface area contributed by atoms with Crippen molar-refractivity contribution in [3.05, 3.63) is 47.0 Å². The van der Waals surface area contributed by atoms with Crippen LogP contribution in [0, 0.1) is 0 Å². The Bertz CT molecular complexity index is 1300. The molecule has 12 heteroatoms. The number of carbonyl (C=O) groups is 1. The fraction of sp³-hybridized carbons (Fsp3) is 0.417. The normalized spacial score (nSPS) is 16.9. The summed E-state index contributed by atoms with van der Waals surface area (Å²) in [5.74, 6) is 0. The maximum Gasteiger partial charge on any atom is 0.417 e. The molecule has 0 saturated carbocycles. The van der Waals surface area contributed by atoms with Crippen LogP contribution in [0.25, 0.3) is 11.1 Å². The lowest BCUT2D eigenvalue weighted by molar-refractivity contribution is -0.137. The average molecular weight is 561 g/mol. The zero-order valence-electron chi connectivity index (χ0n) is 19.7. The average Bonchev–Trinajstić information content (AvgIpc) is 2.77. The van der Waals surface area contributed by atoms with E-state index in [0.29, 0.717) is 19.4 Å². The number of nitrogens with zero attached hydrogens (tertiary/aromatic N) is 2. The highest BCUT2D eigenvalue weighted by Gasteiger charge is 2.37. The number of aliphatic imine (C=N–C) groups is 1. The highest BCUT2D eigenvalue weighted by molar-refractivity contribution is 7.92. The van der Waals surface area contributed by atoms with E-state index in [4.69, 9.17) is 16.3 Å². The second-order valence-electron chi connectivity index (χ2n) is 9.31. The number of alkyl halides is 3. The molecule has 2 aromatic rings. The second-order valence-corrected chi connectivity index (χ2v) is 12.1. The van der Waals surface area contributed by atoms with Gasteiger partial charge in [0.1, 0.15) is 5.60 Å². The van der Waals surface area contributed by atoms with Gasteiger partial charge in [-0.15, -0.1) is 0 Å². The molecule has 1 fully saturated rings. The molecule has 36 heavy (non-hydrogen) atoms. The molecular weight excluding hydrogens is 537 g/mol. The van der Waals surface area contributed by atoms with Gasteiger partial charge in [0, 0.05) is 18.7 Å². The lowest BCUT2D eigenvalue weighted by atomic mass is 9.98. The number of likely N-dealkylation sites (tertiary alicyclic amines) is 1. The van der Waals surface area contributed by atoms with Gasteiger partial charge in [0.05, 0.1) is 31.6 Å². The van der Waals surface area contributed by atoms with E-state index in [2.05, 4.69) is 17.2 Å². The van der Waals surface area contributed by atoms with E-state index in [1.54, 1.807) is 20.8 Å². The van der Waals surface area contributed by atoms with Gasteiger partial charge in [0.15, 0.2) is 9.84 Å². The van der Waals surface area contributed by atoms with E-state index < -0.39 is 38.5 Å². The highest BCUT2D eigenvalue weighted by Crippen LogP contribution is 2.43. The lowest BCUT2D eigenvalue weighted by Crippen LogP contribution is -2.47. The minimum atomic E-state index is -4.75. The van der Waals surface area contributed by atoms with E-state index in [1.165, 1.54) is 35.2 Å². The van der Waals surface area contributed by atoms with Crippen LogP contribution in [0.3, 0.4) is 0 Å². The van der Waals surface area contributed by atoms with E-state index in [0.717, 1.165) is 6.07 Å². The number of carbonyl (C=O) groups excluding carboxylic acids is 1. The number of rotatable bonds is 4. The van der Waals surface area contributed by atoms with Crippen LogP contribution in [0.5, 0.6) is 0 Å². The zero-order chi connectivity index (χ0) is 26.9. The largest absolute Gasteiger partial charge is 0.444 e. The molecule has 1 unspecified atom stereocenters. The fourth-order valence-electron chi connectivity index (χ4n) is 3.91. The van der Waals surface area contributed by atoms with Crippen LogP contribution < -0.4 is 0 Å². The van der Waals surface area contributed by atoms with Crippen LogP contribution in [0.2, 0.25) is 5.02 Å². The molecule has 2 aromatic carbocycles. The number of halogens is 4. The molecule has 1 atom stereocenters. The number of hydrogen-bond acceptors (Lipinski definition) is 6. The van der Waals surface area contributed by atoms with Gasteiger partial charge in [0.25, 0.3) is 0 Å². The van der Waals surface area contributed by atoms with Crippen molar-refractivity contribution in [2.24, 2.45) is 4.99 Å². The zero-order valence-corrected chi connectivity index (χ0v) is 22.1. The summed E-state index contributed by atoms with van der Waals surface area (Å²) in [6.07, 6.45) is -4.52. The summed E-state index contributed by atoms with van der Waals surface area (Å²) >= 11 is 10.6. The number of sulfone groups is 1. The Morgan fingerprint density at radius 3 is 2.39 bits per heavy atom. The number of isothiocyanates is 1. The van der Waals surface area contributed by atoms with Crippen LogP contribution in [0.4, 0.5) is 23.7 Å². The molecule has 0 N–H and O–H groups in total. The molecule has 1 heterocycles. The van der Waals surface area contributed by atoms with Crippen molar-refractivity contribution in [2.75, 3.05) is 13.1 Å². The number of amides is 1. The molecule has 6 nitrogen and oxygen atoms in total. The fourth-order valence-corrected chi connectivity index (χ4v) is 6.10. The Kier molecular flexibility index (Phi) is 8.20. The standard InChI is InChI=1S/C24H24ClF3N2O4S2/c1-23(2,3)34-22(31)30-10-4-5-18(13-30)36(32,33)17-8-6-15(7-9-17)21-19(24(26,27)28)11-16(29-14-35)12-20(21)25/h6-9,11-12,18H,4-5,10,13H2,1-3H3. The molecule has 0 spiro atoms. The summed E-state index contributed by atoms with van der Waals surface area (Å²) in [6, 6.07) is 7.08. The Labute approximate surface area is 218 Å². The number of hydrogen-bond donors (Lipinski definition) is 0. The number of benzene rings is 2. The van der Waals surface area contributed by atoms with E-state index >= 15 is 0 Å². The third-order valence-electron chi connectivity index (χ3n) is 5.50. The second kappa shape index (κ2) is 10.5. The number of ether oxygens (including phenoxy) is 1. The van der Waals surface area contributed by atoms with Gasteiger partial charge in [-0.3, -0.25) is 0 Å². The summed E-state index contributed by atoms with van der Waals surface area (Å²) < 4.78 is 73.2. The summed E-state index contributed by atoms with van der Waals surface area (Å²) in [5, 5.41) is 0.921. The highest BCUT2D eigenvalue weighted by atomic mass is 35.5. The van der Waals surface area contributed by atoms with Crippen LogP contribution >= 0.6 is 23.8 Å². The van der Waals surface area contributed by atoms with Crippen molar-refractivity contribution >= 4 is 50.6 Å². The van der Waals surface area contributed by atoms with Crippen molar-refractivity contribution in [2.45, 2.75) is 55.5 Å². The van der Waals surface area contributed by atoms with Gasteiger partial charge in [0.2, 0.25) is 0 Å². The third-order valence-corrected chi connectivity index (χ3v) is 8.08. The van der Waals surface area contributed by atoms with Gasteiger partial charge in [-0.1, -0.05) is 23.7 Å². The summed E-state index contributed by atoms with van der Waals surface area (Å²) in [7, 11) is -3.87. The summed E-state index contributed by atoms with van der Waals surface area (Å²) in [5.41, 5.74) is -2.07. The van der Waals surface area contributed by atoms with Crippen molar-refractivity contribution in [3.63, 3.8) is 0 Å². The van der Waals surface area contributed by atoms with Crippen molar-refractivity contribution in [1.82, 2.24) is 4.90 Å². The Hall–Kier alpha value is -2.46.